The minimum Gasteiger partial charge on any atom is -0.493 e. The second-order valence-electron chi connectivity index (χ2n) is 5.51. The van der Waals surface area contributed by atoms with Crippen LogP contribution in [-0.4, -0.2) is 12.9 Å². The van der Waals surface area contributed by atoms with E-state index in [1.54, 1.807) is 49.6 Å². The first-order chi connectivity index (χ1) is 12.7. The van der Waals surface area contributed by atoms with Gasteiger partial charge in [-0.1, -0.05) is 66.2 Å². The molecule has 3 nitrogen and oxygen atoms in total. The van der Waals surface area contributed by atoms with Crippen molar-refractivity contribution in [1.82, 2.24) is 0 Å². The first kappa shape index (κ1) is 17.8. The van der Waals surface area contributed by atoms with Crippen molar-refractivity contribution >= 4 is 23.5 Å². The Morgan fingerprint density at radius 2 is 1.46 bits per heavy atom. The second kappa shape index (κ2) is 8.37. The van der Waals surface area contributed by atoms with Gasteiger partial charge in [-0.2, -0.15) is 0 Å². The SMILES string of the molecule is COc1ccccc1O/C(=C\c1ccc(Cl)cc1)C(=O)c1ccccc1. The van der Waals surface area contributed by atoms with Crippen molar-refractivity contribution in [3.63, 3.8) is 0 Å². The number of rotatable bonds is 6. The third-order valence-corrected chi connectivity index (χ3v) is 3.97. The van der Waals surface area contributed by atoms with Gasteiger partial charge in [0.2, 0.25) is 5.78 Å². The summed E-state index contributed by atoms with van der Waals surface area (Å²) in [6.45, 7) is 0. The summed E-state index contributed by atoms with van der Waals surface area (Å²) in [6, 6.07) is 23.4. The summed E-state index contributed by atoms with van der Waals surface area (Å²) in [7, 11) is 1.56. The Bertz CT molecular complexity index is 916. The summed E-state index contributed by atoms with van der Waals surface area (Å²) in [5.74, 6) is 1.00. The summed E-state index contributed by atoms with van der Waals surface area (Å²) in [4.78, 5) is 13.0. The van der Waals surface area contributed by atoms with Crippen molar-refractivity contribution in [2.75, 3.05) is 7.11 Å². The van der Waals surface area contributed by atoms with Gasteiger partial charge in [-0.05, 0) is 35.9 Å². The maximum Gasteiger partial charge on any atom is 0.228 e. The fourth-order valence-electron chi connectivity index (χ4n) is 2.41. The van der Waals surface area contributed by atoms with Crippen LogP contribution < -0.4 is 9.47 Å². The maximum atomic E-state index is 13.0. The summed E-state index contributed by atoms with van der Waals surface area (Å²) >= 11 is 5.94. The average Bonchev–Trinajstić information content (AvgIpc) is 2.69. The third kappa shape index (κ3) is 4.32. The number of hydrogen-bond donors (Lipinski definition) is 0. The molecule has 130 valence electrons. The van der Waals surface area contributed by atoms with E-state index in [0.29, 0.717) is 22.1 Å². The van der Waals surface area contributed by atoms with E-state index in [4.69, 9.17) is 21.1 Å². The molecule has 0 unspecified atom stereocenters. The Kier molecular flexibility index (Phi) is 5.72. The molecule has 0 radical (unpaired) electrons. The number of carbonyl (C=O) groups is 1. The van der Waals surface area contributed by atoms with E-state index in [1.807, 2.05) is 42.5 Å². The molecule has 0 aliphatic rings. The van der Waals surface area contributed by atoms with Crippen LogP contribution in [0.1, 0.15) is 15.9 Å². The Morgan fingerprint density at radius 1 is 0.846 bits per heavy atom. The molecule has 0 N–H and O–H groups in total. The van der Waals surface area contributed by atoms with Crippen molar-refractivity contribution in [2.24, 2.45) is 0 Å². The van der Waals surface area contributed by atoms with Crippen molar-refractivity contribution in [3.05, 3.63) is 101 Å². The van der Waals surface area contributed by atoms with Crippen LogP contribution >= 0.6 is 11.6 Å². The van der Waals surface area contributed by atoms with Gasteiger partial charge in [0, 0.05) is 10.6 Å². The molecule has 3 rings (SSSR count). The molecule has 0 saturated carbocycles. The summed E-state index contributed by atoms with van der Waals surface area (Å²) in [5, 5.41) is 0.628. The molecular formula is C22H17ClO3. The van der Waals surface area contributed by atoms with E-state index < -0.39 is 0 Å². The maximum absolute atomic E-state index is 13.0. The average molecular weight is 365 g/mol. The van der Waals surface area contributed by atoms with Crippen LogP contribution in [-0.2, 0) is 0 Å². The van der Waals surface area contributed by atoms with Gasteiger partial charge in [0.1, 0.15) is 0 Å². The summed E-state index contributed by atoms with van der Waals surface area (Å²) in [6.07, 6.45) is 1.69. The van der Waals surface area contributed by atoms with E-state index in [-0.39, 0.29) is 11.5 Å². The van der Waals surface area contributed by atoms with Crippen LogP contribution in [0.3, 0.4) is 0 Å². The summed E-state index contributed by atoms with van der Waals surface area (Å²) in [5.41, 5.74) is 1.35. The Balaban J connectivity index is 2.01. The van der Waals surface area contributed by atoms with E-state index in [2.05, 4.69) is 0 Å². The highest BCUT2D eigenvalue weighted by molar-refractivity contribution is 6.30. The molecule has 4 heteroatoms. The molecule has 0 saturated heterocycles. The molecule has 0 bridgehead atoms. The number of para-hydroxylation sites is 2. The minimum absolute atomic E-state index is 0.197. The molecule has 0 amide bonds. The first-order valence-corrected chi connectivity index (χ1v) is 8.43. The smallest absolute Gasteiger partial charge is 0.228 e. The normalized spacial score (nSPS) is 11.1. The zero-order chi connectivity index (χ0) is 18.4. The number of methoxy groups -OCH3 is 1. The third-order valence-electron chi connectivity index (χ3n) is 3.72. The highest BCUT2D eigenvalue weighted by Gasteiger charge is 2.16. The van der Waals surface area contributed by atoms with Crippen LogP contribution in [0.25, 0.3) is 6.08 Å². The van der Waals surface area contributed by atoms with Gasteiger partial charge >= 0.3 is 0 Å². The number of carbonyl (C=O) groups excluding carboxylic acids is 1. The molecule has 0 spiro atoms. The number of ketones is 1. The van der Waals surface area contributed by atoms with Gasteiger partial charge in [-0.15, -0.1) is 0 Å². The molecule has 0 aromatic heterocycles. The number of Topliss-reactive ketones (excluding diaryl/α,β-unsaturated/α-hetero) is 1. The van der Waals surface area contributed by atoms with Crippen molar-refractivity contribution in [2.45, 2.75) is 0 Å². The van der Waals surface area contributed by atoms with Crippen LogP contribution in [0.5, 0.6) is 11.5 Å². The van der Waals surface area contributed by atoms with Crippen LogP contribution in [0, 0.1) is 0 Å². The zero-order valence-electron chi connectivity index (χ0n) is 14.2. The molecule has 26 heavy (non-hydrogen) atoms. The number of halogens is 1. The lowest BCUT2D eigenvalue weighted by atomic mass is 10.1. The Hall–Kier alpha value is -3.04. The van der Waals surface area contributed by atoms with Crippen LogP contribution in [0.4, 0.5) is 0 Å². The van der Waals surface area contributed by atoms with E-state index >= 15 is 0 Å². The zero-order valence-corrected chi connectivity index (χ0v) is 14.9. The lowest BCUT2D eigenvalue weighted by molar-refractivity contribution is 0.0987. The number of benzene rings is 3. The van der Waals surface area contributed by atoms with Gasteiger partial charge in [-0.25, -0.2) is 0 Å². The lowest BCUT2D eigenvalue weighted by Gasteiger charge is -2.12. The van der Waals surface area contributed by atoms with Gasteiger partial charge in [0.05, 0.1) is 7.11 Å². The van der Waals surface area contributed by atoms with Gasteiger partial charge in [0.25, 0.3) is 0 Å². The van der Waals surface area contributed by atoms with Gasteiger partial charge in [-0.3, -0.25) is 4.79 Å². The van der Waals surface area contributed by atoms with E-state index in [0.717, 1.165) is 5.56 Å². The molecule has 0 aliphatic heterocycles. The molecular weight excluding hydrogens is 348 g/mol. The largest absolute Gasteiger partial charge is 0.493 e. The number of hydrogen-bond acceptors (Lipinski definition) is 3. The first-order valence-electron chi connectivity index (χ1n) is 8.05. The topological polar surface area (TPSA) is 35.5 Å². The summed E-state index contributed by atoms with van der Waals surface area (Å²) < 4.78 is 11.3. The minimum atomic E-state index is -0.216. The highest BCUT2D eigenvalue weighted by atomic mass is 35.5. The Morgan fingerprint density at radius 3 is 2.12 bits per heavy atom. The predicted octanol–water partition coefficient (Wildman–Crippen LogP) is 5.65. The molecule has 0 atom stereocenters. The monoisotopic (exact) mass is 364 g/mol. The van der Waals surface area contributed by atoms with Crippen molar-refractivity contribution in [1.29, 1.82) is 0 Å². The Labute approximate surface area is 157 Å². The van der Waals surface area contributed by atoms with Gasteiger partial charge in [0.15, 0.2) is 17.3 Å². The molecule has 3 aromatic carbocycles. The van der Waals surface area contributed by atoms with Crippen molar-refractivity contribution in [3.8, 4) is 11.5 Å². The number of ether oxygens (including phenoxy) is 2. The highest BCUT2D eigenvalue weighted by Crippen LogP contribution is 2.29. The van der Waals surface area contributed by atoms with Gasteiger partial charge < -0.3 is 9.47 Å². The quantitative estimate of drug-likeness (QED) is 0.322. The van der Waals surface area contributed by atoms with E-state index in [9.17, 15) is 4.79 Å². The van der Waals surface area contributed by atoms with Crippen LogP contribution in [0.15, 0.2) is 84.6 Å². The van der Waals surface area contributed by atoms with E-state index in [1.165, 1.54) is 0 Å². The van der Waals surface area contributed by atoms with Crippen LogP contribution in [0.2, 0.25) is 5.02 Å². The van der Waals surface area contributed by atoms with Crippen molar-refractivity contribution < 1.29 is 14.3 Å². The molecule has 0 fully saturated rings. The predicted molar refractivity (Wildman–Crippen MR) is 104 cm³/mol. The molecule has 0 heterocycles. The lowest BCUT2D eigenvalue weighted by Crippen LogP contribution is -2.10. The molecule has 3 aromatic rings. The standard InChI is InChI=1S/C22H17ClO3/c1-25-19-9-5-6-10-20(19)26-21(15-16-11-13-18(23)14-12-16)22(24)17-7-3-2-4-8-17/h2-15H,1H3/b21-15-. The fourth-order valence-corrected chi connectivity index (χ4v) is 2.53. The number of allylic oxidation sites excluding steroid dienone is 1. The second-order valence-corrected chi connectivity index (χ2v) is 5.94. The fraction of sp³-hybridized carbons (Fsp3) is 0.0455. The molecule has 0 aliphatic carbocycles.